The lowest BCUT2D eigenvalue weighted by atomic mass is 10.2. The number of carboxylic acid groups (broad SMARTS) is 1. The first kappa shape index (κ1) is 16.4. The van der Waals surface area contributed by atoms with Gasteiger partial charge < -0.3 is 24.7 Å². The van der Waals surface area contributed by atoms with Crippen LogP contribution in [-0.4, -0.2) is 25.1 Å². The van der Waals surface area contributed by atoms with Crippen molar-refractivity contribution in [3.05, 3.63) is 54.1 Å². The molecular formula is C17H16NO5-. The van der Waals surface area contributed by atoms with E-state index in [-0.39, 0.29) is 17.9 Å². The normalized spacial score (nSPS) is 9.96. The van der Waals surface area contributed by atoms with Crippen molar-refractivity contribution in [3.8, 4) is 11.5 Å². The van der Waals surface area contributed by atoms with Gasteiger partial charge in [0.2, 0.25) is 0 Å². The first-order valence-corrected chi connectivity index (χ1v) is 7.06. The summed E-state index contributed by atoms with van der Waals surface area (Å²) >= 11 is 0. The van der Waals surface area contributed by atoms with Crippen LogP contribution >= 0.6 is 0 Å². The highest BCUT2D eigenvalue weighted by Crippen LogP contribution is 2.18. The third-order valence-electron chi connectivity index (χ3n) is 2.93. The summed E-state index contributed by atoms with van der Waals surface area (Å²) < 4.78 is 10.6. The highest BCUT2D eigenvalue weighted by molar-refractivity contribution is 6.00. The maximum Gasteiger partial charge on any atom is 0.262 e. The molecule has 2 aromatic rings. The van der Waals surface area contributed by atoms with Gasteiger partial charge in [0.05, 0.1) is 12.6 Å². The van der Waals surface area contributed by atoms with Gasteiger partial charge in [-0.3, -0.25) is 4.79 Å². The summed E-state index contributed by atoms with van der Waals surface area (Å²) in [6, 6.07) is 12.9. The first-order valence-electron chi connectivity index (χ1n) is 7.06. The van der Waals surface area contributed by atoms with Gasteiger partial charge in [-0.2, -0.15) is 0 Å². The third kappa shape index (κ3) is 4.74. The monoisotopic (exact) mass is 314 g/mol. The number of carbonyl (C=O) groups excluding carboxylic acids is 2. The summed E-state index contributed by atoms with van der Waals surface area (Å²) in [5.41, 5.74) is 0.0923. The standard InChI is InChI=1S/C17H17NO5/c1-2-22-12-7-9-13(10-8-12)23-11-16(19)18-15-6-4-3-5-14(15)17(20)21/h3-10H,2,11H2,1H3,(H,18,19)(H,20,21)/p-1. The highest BCUT2D eigenvalue weighted by atomic mass is 16.5. The van der Waals surface area contributed by atoms with E-state index in [4.69, 9.17) is 9.47 Å². The van der Waals surface area contributed by atoms with Gasteiger partial charge in [0.25, 0.3) is 5.91 Å². The Hall–Kier alpha value is -3.02. The summed E-state index contributed by atoms with van der Waals surface area (Å²) in [6.07, 6.45) is 0. The van der Waals surface area contributed by atoms with E-state index in [9.17, 15) is 14.7 Å². The summed E-state index contributed by atoms with van der Waals surface area (Å²) in [5, 5.41) is 13.4. The van der Waals surface area contributed by atoms with Crippen LogP contribution in [0.4, 0.5) is 5.69 Å². The van der Waals surface area contributed by atoms with Gasteiger partial charge >= 0.3 is 0 Å². The molecule has 0 aliphatic carbocycles. The quantitative estimate of drug-likeness (QED) is 0.836. The zero-order chi connectivity index (χ0) is 16.7. The minimum atomic E-state index is -1.35. The Balaban J connectivity index is 1.91. The van der Waals surface area contributed by atoms with Crippen LogP contribution in [-0.2, 0) is 4.79 Å². The van der Waals surface area contributed by atoms with Crippen LogP contribution in [0.2, 0.25) is 0 Å². The number of benzene rings is 2. The number of hydrogen-bond acceptors (Lipinski definition) is 5. The lowest BCUT2D eigenvalue weighted by molar-refractivity contribution is -0.254. The SMILES string of the molecule is CCOc1ccc(OCC(=O)Nc2ccccc2C(=O)[O-])cc1. The molecule has 0 saturated carbocycles. The van der Waals surface area contributed by atoms with Gasteiger partial charge in [-0.25, -0.2) is 0 Å². The van der Waals surface area contributed by atoms with E-state index < -0.39 is 11.9 Å². The van der Waals surface area contributed by atoms with Gasteiger partial charge in [-0.05, 0) is 37.3 Å². The number of carboxylic acids is 1. The molecule has 0 bridgehead atoms. The number of carbonyl (C=O) groups is 2. The van der Waals surface area contributed by atoms with Crippen LogP contribution in [0.5, 0.6) is 11.5 Å². The van der Waals surface area contributed by atoms with E-state index in [1.807, 2.05) is 6.92 Å². The molecule has 0 atom stereocenters. The van der Waals surface area contributed by atoms with Crippen LogP contribution in [0, 0.1) is 0 Å². The smallest absolute Gasteiger partial charge is 0.262 e. The van der Waals surface area contributed by atoms with Crippen molar-refractivity contribution in [2.45, 2.75) is 6.92 Å². The Kier molecular flexibility index (Phi) is 5.57. The molecule has 1 amide bonds. The van der Waals surface area contributed by atoms with Crippen molar-refractivity contribution in [2.75, 3.05) is 18.5 Å². The number of aromatic carboxylic acids is 1. The molecule has 23 heavy (non-hydrogen) atoms. The second kappa shape index (κ2) is 7.84. The molecule has 0 aromatic heterocycles. The second-order valence-corrected chi connectivity index (χ2v) is 4.57. The van der Waals surface area contributed by atoms with E-state index in [2.05, 4.69) is 5.32 Å². The van der Waals surface area contributed by atoms with Crippen LogP contribution in [0.25, 0.3) is 0 Å². The number of anilines is 1. The average molecular weight is 314 g/mol. The molecule has 0 unspecified atom stereocenters. The lowest BCUT2D eigenvalue weighted by Crippen LogP contribution is -2.26. The highest BCUT2D eigenvalue weighted by Gasteiger charge is 2.08. The summed E-state index contributed by atoms with van der Waals surface area (Å²) in [4.78, 5) is 22.8. The van der Waals surface area contributed by atoms with Gasteiger partial charge in [0.15, 0.2) is 6.61 Å². The topological polar surface area (TPSA) is 87.7 Å². The zero-order valence-electron chi connectivity index (χ0n) is 12.6. The number of rotatable bonds is 7. The minimum Gasteiger partial charge on any atom is -0.545 e. The fourth-order valence-electron chi connectivity index (χ4n) is 1.90. The van der Waals surface area contributed by atoms with E-state index >= 15 is 0 Å². The van der Waals surface area contributed by atoms with Crippen molar-refractivity contribution in [3.63, 3.8) is 0 Å². The second-order valence-electron chi connectivity index (χ2n) is 4.57. The van der Waals surface area contributed by atoms with Crippen molar-refractivity contribution in [2.24, 2.45) is 0 Å². The Morgan fingerprint density at radius 1 is 1.00 bits per heavy atom. The summed E-state index contributed by atoms with van der Waals surface area (Å²) in [7, 11) is 0. The van der Waals surface area contributed by atoms with E-state index in [1.54, 1.807) is 36.4 Å². The largest absolute Gasteiger partial charge is 0.545 e. The van der Waals surface area contributed by atoms with Gasteiger partial charge in [-0.15, -0.1) is 0 Å². The van der Waals surface area contributed by atoms with Gasteiger partial charge in [-0.1, -0.05) is 18.2 Å². The number of hydrogen-bond donors (Lipinski definition) is 1. The Morgan fingerprint density at radius 2 is 1.61 bits per heavy atom. The number of nitrogens with one attached hydrogen (secondary N) is 1. The van der Waals surface area contributed by atoms with Crippen molar-refractivity contribution >= 4 is 17.6 Å². The molecule has 0 heterocycles. The van der Waals surface area contributed by atoms with Crippen molar-refractivity contribution < 1.29 is 24.2 Å². The van der Waals surface area contributed by atoms with E-state index in [0.717, 1.165) is 0 Å². The fourth-order valence-corrected chi connectivity index (χ4v) is 1.90. The summed E-state index contributed by atoms with van der Waals surface area (Å²) in [5.74, 6) is -0.593. The molecule has 0 aliphatic heterocycles. The van der Waals surface area contributed by atoms with E-state index in [0.29, 0.717) is 18.1 Å². The zero-order valence-corrected chi connectivity index (χ0v) is 12.6. The number of amides is 1. The molecule has 0 saturated heterocycles. The molecule has 6 heteroatoms. The molecular weight excluding hydrogens is 298 g/mol. The number of para-hydroxylation sites is 1. The molecule has 120 valence electrons. The first-order chi connectivity index (χ1) is 11.1. The molecule has 0 spiro atoms. The third-order valence-corrected chi connectivity index (χ3v) is 2.93. The lowest BCUT2D eigenvalue weighted by Gasteiger charge is -2.12. The molecule has 2 rings (SSSR count). The number of ether oxygens (including phenoxy) is 2. The minimum absolute atomic E-state index is 0.0816. The Morgan fingerprint density at radius 3 is 2.22 bits per heavy atom. The van der Waals surface area contributed by atoms with Crippen LogP contribution in [0.15, 0.2) is 48.5 Å². The Labute approximate surface area is 133 Å². The van der Waals surface area contributed by atoms with Crippen molar-refractivity contribution in [1.29, 1.82) is 0 Å². The summed E-state index contributed by atoms with van der Waals surface area (Å²) in [6.45, 7) is 2.22. The van der Waals surface area contributed by atoms with Crippen LogP contribution in [0.1, 0.15) is 17.3 Å². The maximum absolute atomic E-state index is 11.9. The van der Waals surface area contributed by atoms with E-state index in [1.165, 1.54) is 12.1 Å². The van der Waals surface area contributed by atoms with Crippen molar-refractivity contribution in [1.82, 2.24) is 0 Å². The van der Waals surface area contributed by atoms with Gasteiger partial charge in [0, 0.05) is 11.3 Å². The molecule has 0 fully saturated rings. The molecule has 0 aliphatic rings. The molecule has 2 aromatic carbocycles. The average Bonchev–Trinajstić information content (AvgIpc) is 2.55. The Bertz CT molecular complexity index is 682. The fraction of sp³-hybridized carbons (Fsp3) is 0.176. The maximum atomic E-state index is 11.9. The van der Waals surface area contributed by atoms with Crippen LogP contribution < -0.4 is 19.9 Å². The van der Waals surface area contributed by atoms with Crippen LogP contribution in [0.3, 0.4) is 0 Å². The molecule has 0 radical (unpaired) electrons. The molecule has 1 N–H and O–H groups in total. The predicted octanol–water partition coefficient (Wildman–Crippen LogP) is 1.47. The van der Waals surface area contributed by atoms with Gasteiger partial charge in [0.1, 0.15) is 11.5 Å². The predicted molar refractivity (Wildman–Crippen MR) is 82.5 cm³/mol. The molecule has 6 nitrogen and oxygen atoms in total.